The number of halogens is 1. The van der Waals surface area contributed by atoms with E-state index in [0.717, 1.165) is 35.5 Å². The van der Waals surface area contributed by atoms with Crippen LogP contribution in [0.15, 0.2) is 10.7 Å². The van der Waals surface area contributed by atoms with Crippen LogP contribution in [-0.4, -0.2) is 24.7 Å². The molecule has 0 aliphatic carbocycles. The molecule has 4 nitrogen and oxygen atoms in total. The first kappa shape index (κ1) is 10.7. The summed E-state index contributed by atoms with van der Waals surface area (Å²) in [5, 5.41) is 3.33. The fraction of sp³-hybridized carbons (Fsp3) is 0.500. The van der Waals surface area contributed by atoms with Gasteiger partial charge in [-0.05, 0) is 34.8 Å². The zero-order valence-electron chi connectivity index (χ0n) is 8.76. The molecule has 0 radical (unpaired) electrons. The van der Waals surface area contributed by atoms with Gasteiger partial charge in [-0.25, -0.2) is 4.98 Å². The van der Waals surface area contributed by atoms with Crippen LogP contribution in [0, 0.1) is 6.92 Å². The Bertz CT molecular complexity index is 367. The van der Waals surface area contributed by atoms with Gasteiger partial charge < -0.3 is 16.0 Å². The predicted molar refractivity (Wildman–Crippen MR) is 66.2 cm³/mol. The van der Waals surface area contributed by atoms with Gasteiger partial charge in [0.05, 0.1) is 12.4 Å². The Hall–Kier alpha value is -0.810. The van der Waals surface area contributed by atoms with Crippen LogP contribution in [0.2, 0.25) is 0 Å². The number of nitrogens with one attached hydrogen (secondary N) is 1. The highest BCUT2D eigenvalue weighted by atomic mass is 79.9. The summed E-state index contributed by atoms with van der Waals surface area (Å²) in [7, 11) is 0. The molecule has 1 aliphatic rings. The minimum absolute atomic E-state index is 0.535. The molecular formula is C10H15BrN4. The molecule has 2 rings (SSSR count). The second kappa shape index (κ2) is 4.37. The molecule has 2 heterocycles. The van der Waals surface area contributed by atoms with Crippen LogP contribution in [0.4, 0.5) is 11.5 Å². The van der Waals surface area contributed by atoms with Gasteiger partial charge in [-0.15, -0.1) is 0 Å². The largest absolute Gasteiger partial charge is 0.368 e. The topological polar surface area (TPSA) is 54.2 Å². The van der Waals surface area contributed by atoms with E-state index >= 15 is 0 Å². The van der Waals surface area contributed by atoms with Crippen LogP contribution in [-0.2, 0) is 0 Å². The van der Waals surface area contributed by atoms with Gasteiger partial charge in [-0.1, -0.05) is 0 Å². The maximum atomic E-state index is 5.76. The molecule has 1 aliphatic heterocycles. The molecule has 1 aromatic rings. The predicted octanol–water partition coefficient (Wildman–Crippen LogP) is 1.69. The molecule has 0 spiro atoms. The van der Waals surface area contributed by atoms with E-state index < -0.39 is 0 Å². The van der Waals surface area contributed by atoms with Crippen LogP contribution in [0.3, 0.4) is 0 Å². The molecule has 15 heavy (non-hydrogen) atoms. The van der Waals surface area contributed by atoms with E-state index in [1.54, 1.807) is 0 Å². The molecule has 0 aromatic carbocycles. The van der Waals surface area contributed by atoms with Crippen molar-refractivity contribution in [3.8, 4) is 0 Å². The van der Waals surface area contributed by atoms with Crippen LogP contribution < -0.4 is 16.0 Å². The molecule has 0 unspecified atom stereocenters. The van der Waals surface area contributed by atoms with Crippen molar-refractivity contribution >= 4 is 27.4 Å². The van der Waals surface area contributed by atoms with Gasteiger partial charge in [0.15, 0.2) is 0 Å². The molecule has 0 amide bonds. The van der Waals surface area contributed by atoms with Crippen molar-refractivity contribution in [1.29, 1.82) is 0 Å². The zero-order valence-corrected chi connectivity index (χ0v) is 10.3. The molecule has 3 N–H and O–H groups in total. The number of rotatable bonds is 1. The number of pyridine rings is 1. The Morgan fingerprint density at radius 3 is 3.20 bits per heavy atom. The minimum Gasteiger partial charge on any atom is -0.368 e. The molecule has 0 saturated carbocycles. The van der Waals surface area contributed by atoms with Crippen LogP contribution >= 0.6 is 15.9 Å². The van der Waals surface area contributed by atoms with E-state index in [0.29, 0.717) is 6.67 Å². The summed E-state index contributed by atoms with van der Waals surface area (Å²) in [6.07, 6.45) is 2.92. The van der Waals surface area contributed by atoms with Gasteiger partial charge in [0, 0.05) is 23.8 Å². The van der Waals surface area contributed by atoms with Gasteiger partial charge >= 0.3 is 0 Å². The van der Waals surface area contributed by atoms with Gasteiger partial charge in [-0.2, -0.15) is 0 Å². The number of anilines is 2. The Kier molecular flexibility index (Phi) is 3.11. The highest BCUT2D eigenvalue weighted by Crippen LogP contribution is 2.33. The Morgan fingerprint density at radius 1 is 1.67 bits per heavy atom. The van der Waals surface area contributed by atoms with Crippen LogP contribution in [0.25, 0.3) is 0 Å². The van der Waals surface area contributed by atoms with E-state index in [2.05, 4.69) is 38.1 Å². The number of hydrogen-bond donors (Lipinski definition) is 2. The third-order valence-electron chi connectivity index (χ3n) is 2.68. The smallest absolute Gasteiger partial charge is 0.149 e. The van der Waals surface area contributed by atoms with Crippen LogP contribution in [0.1, 0.15) is 12.0 Å². The number of aromatic nitrogens is 1. The lowest BCUT2D eigenvalue weighted by atomic mass is 10.2. The summed E-state index contributed by atoms with van der Waals surface area (Å²) in [4.78, 5) is 6.55. The number of nitrogens with two attached hydrogens (primary N) is 1. The fourth-order valence-corrected chi connectivity index (χ4v) is 2.15. The maximum absolute atomic E-state index is 5.76. The van der Waals surface area contributed by atoms with E-state index in [1.165, 1.54) is 5.56 Å². The summed E-state index contributed by atoms with van der Waals surface area (Å²) < 4.78 is 1.03. The summed E-state index contributed by atoms with van der Waals surface area (Å²) in [6.45, 7) is 4.56. The third-order valence-corrected chi connectivity index (χ3v) is 3.48. The lowest BCUT2D eigenvalue weighted by Crippen LogP contribution is -2.31. The molecule has 1 aromatic heterocycles. The highest BCUT2D eigenvalue weighted by molar-refractivity contribution is 9.10. The van der Waals surface area contributed by atoms with Crippen molar-refractivity contribution in [2.45, 2.75) is 13.3 Å². The SMILES string of the molecule is Cc1c(Br)cnc2c1N(CN)CCCN2. The lowest BCUT2D eigenvalue weighted by molar-refractivity contribution is 0.771. The molecule has 82 valence electrons. The first-order chi connectivity index (χ1) is 7.24. The summed E-state index contributed by atoms with van der Waals surface area (Å²) in [5.74, 6) is 0.943. The average molecular weight is 271 g/mol. The van der Waals surface area contributed by atoms with Crippen molar-refractivity contribution < 1.29 is 0 Å². The second-order valence-electron chi connectivity index (χ2n) is 3.65. The van der Waals surface area contributed by atoms with Crippen LogP contribution in [0.5, 0.6) is 0 Å². The minimum atomic E-state index is 0.535. The number of nitrogens with zero attached hydrogens (tertiary/aromatic N) is 2. The second-order valence-corrected chi connectivity index (χ2v) is 4.51. The Balaban J connectivity index is 2.52. The molecule has 0 saturated heterocycles. The van der Waals surface area contributed by atoms with E-state index in [4.69, 9.17) is 5.73 Å². The molecule has 0 atom stereocenters. The summed E-state index contributed by atoms with van der Waals surface area (Å²) in [6, 6.07) is 0. The average Bonchev–Trinajstić information content (AvgIpc) is 2.45. The van der Waals surface area contributed by atoms with Crippen molar-refractivity contribution in [1.82, 2.24) is 4.98 Å². The zero-order chi connectivity index (χ0) is 10.8. The highest BCUT2D eigenvalue weighted by Gasteiger charge is 2.18. The standard InChI is InChI=1S/C10H15BrN4/c1-7-8(11)5-14-10-9(7)15(6-12)4-2-3-13-10/h5H,2-4,6,12H2,1H3,(H,13,14). The maximum Gasteiger partial charge on any atom is 0.149 e. The first-order valence-corrected chi connectivity index (χ1v) is 5.87. The van der Waals surface area contributed by atoms with E-state index in [9.17, 15) is 0 Å². The Morgan fingerprint density at radius 2 is 2.47 bits per heavy atom. The van der Waals surface area contributed by atoms with Crippen molar-refractivity contribution in [2.75, 3.05) is 30.0 Å². The summed E-state index contributed by atoms with van der Waals surface area (Å²) in [5.41, 5.74) is 8.08. The van der Waals surface area contributed by atoms with Gasteiger partial charge in [0.2, 0.25) is 0 Å². The van der Waals surface area contributed by atoms with Gasteiger partial charge in [-0.3, -0.25) is 0 Å². The normalized spacial score (nSPS) is 15.5. The molecule has 5 heteroatoms. The van der Waals surface area contributed by atoms with Gasteiger partial charge in [0.1, 0.15) is 5.82 Å². The van der Waals surface area contributed by atoms with E-state index in [1.807, 2.05) is 6.20 Å². The van der Waals surface area contributed by atoms with E-state index in [-0.39, 0.29) is 0 Å². The number of hydrogen-bond acceptors (Lipinski definition) is 4. The Labute approximate surface area is 98.0 Å². The monoisotopic (exact) mass is 270 g/mol. The fourth-order valence-electron chi connectivity index (χ4n) is 1.86. The van der Waals surface area contributed by atoms with Gasteiger partial charge in [0.25, 0.3) is 0 Å². The summed E-state index contributed by atoms with van der Waals surface area (Å²) >= 11 is 3.50. The quantitative estimate of drug-likeness (QED) is 0.816. The molecular weight excluding hydrogens is 256 g/mol. The first-order valence-electron chi connectivity index (χ1n) is 5.08. The number of fused-ring (bicyclic) bond motifs is 1. The lowest BCUT2D eigenvalue weighted by Gasteiger charge is -2.24. The molecule has 0 fully saturated rings. The van der Waals surface area contributed by atoms with Crippen molar-refractivity contribution in [2.24, 2.45) is 5.73 Å². The van der Waals surface area contributed by atoms with Crippen molar-refractivity contribution in [3.05, 3.63) is 16.2 Å². The van der Waals surface area contributed by atoms with Crippen molar-refractivity contribution in [3.63, 3.8) is 0 Å². The molecule has 0 bridgehead atoms. The third kappa shape index (κ3) is 1.94.